The summed E-state index contributed by atoms with van der Waals surface area (Å²) in [5, 5.41) is 0. The van der Waals surface area contributed by atoms with Crippen molar-refractivity contribution in [3.8, 4) is 0 Å². The van der Waals surface area contributed by atoms with E-state index in [1.165, 1.54) is 50.1 Å². The molecule has 0 heteroatoms. The second-order valence-electron chi connectivity index (χ2n) is 7.91. The van der Waals surface area contributed by atoms with Crippen molar-refractivity contribution in [3.63, 3.8) is 0 Å². The average Bonchev–Trinajstić information content (AvgIpc) is 2.67. The minimum Gasteiger partial charge on any atom is -0.0617 e. The van der Waals surface area contributed by atoms with Gasteiger partial charge in [-0.25, -0.2) is 0 Å². The first-order valence-corrected chi connectivity index (χ1v) is 10.0. The standard InChI is InChI=1S/C27H28/c1-19-7-9-22(10-8-19)11-12-23-17-26-15-13-24-5-4-6-25(20(24)2)14-16-27(18-23)21(26)3/h4-12,17-18H,13-16H2,1-3H3/b12-11-. The maximum Gasteiger partial charge on any atom is -0.0235 e. The second kappa shape index (κ2) is 7.56. The fourth-order valence-electron chi connectivity index (χ4n) is 4.17. The minimum atomic E-state index is 1.12. The molecule has 1 aliphatic rings. The molecule has 0 heterocycles. The molecule has 4 rings (SSSR count). The predicted octanol–water partition coefficient (Wildman–Crippen LogP) is 6.67. The lowest BCUT2D eigenvalue weighted by atomic mass is 9.87. The van der Waals surface area contributed by atoms with E-state index in [0.29, 0.717) is 0 Å². The zero-order chi connectivity index (χ0) is 18.8. The molecule has 1 aliphatic carbocycles. The summed E-state index contributed by atoms with van der Waals surface area (Å²) in [5.41, 5.74) is 12.9. The van der Waals surface area contributed by atoms with E-state index >= 15 is 0 Å². The molecule has 4 bridgehead atoms. The van der Waals surface area contributed by atoms with Crippen LogP contribution in [0, 0.1) is 20.8 Å². The van der Waals surface area contributed by atoms with Gasteiger partial charge in [0.2, 0.25) is 0 Å². The molecule has 0 amide bonds. The van der Waals surface area contributed by atoms with Crippen molar-refractivity contribution in [1.29, 1.82) is 0 Å². The normalized spacial score (nSPS) is 13.7. The Labute approximate surface area is 163 Å². The summed E-state index contributed by atoms with van der Waals surface area (Å²) in [5.74, 6) is 0. The first-order chi connectivity index (χ1) is 13.1. The maximum absolute atomic E-state index is 2.39. The lowest BCUT2D eigenvalue weighted by Gasteiger charge is -2.18. The highest BCUT2D eigenvalue weighted by Gasteiger charge is 2.12. The van der Waals surface area contributed by atoms with Gasteiger partial charge in [-0.05, 0) is 91.0 Å². The molecule has 136 valence electrons. The largest absolute Gasteiger partial charge is 0.0617 e. The number of benzene rings is 3. The fourth-order valence-corrected chi connectivity index (χ4v) is 4.17. The molecule has 3 aromatic rings. The van der Waals surface area contributed by atoms with E-state index in [2.05, 4.69) is 87.5 Å². The third-order valence-corrected chi connectivity index (χ3v) is 6.08. The van der Waals surface area contributed by atoms with Crippen LogP contribution in [0.3, 0.4) is 0 Å². The van der Waals surface area contributed by atoms with E-state index in [0.717, 1.165) is 25.7 Å². The summed E-state index contributed by atoms with van der Waals surface area (Å²) >= 11 is 0. The van der Waals surface area contributed by atoms with Crippen molar-refractivity contribution in [1.82, 2.24) is 0 Å². The molecular weight excluding hydrogens is 324 g/mol. The van der Waals surface area contributed by atoms with Crippen LogP contribution in [0.4, 0.5) is 0 Å². The minimum absolute atomic E-state index is 1.12. The number of hydrogen-bond acceptors (Lipinski definition) is 0. The van der Waals surface area contributed by atoms with Gasteiger partial charge in [0.25, 0.3) is 0 Å². The SMILES string of the molecule is Cc1ccc(/C=C\c2cc3c(C)c(c2)CCc2cccc(c2C)CC3)cc1. The molecule has 0 saturated heterocycles. The molecular formula is C27H28. The summed E-state index contributed by atoms with van der Waals surface area (Å²) in [6, 6.07) is 20.4. The van der Waals surface area contributed by atoms with Crippen LogP contribution in [0.5, 0.6) is 0 Å². The molecule has 0 nitrogen and oxygen atoms in total. The Morgan fingerprint density at radius 1 is 0.556 bits per heavy atom. The molecule has 0 N–H and O–H groups in total. The second-order valence-corrected chi connectivity index (χ2v) is 7.91. The molecule has 0 atom stereocenters. The molecule has 3 aromatic carbocycles. The average molecular weight is 353 g/mol. The van der Waals surface area contributed by atoms with Crippen LogP contribution < -0.4 is 0 Å². The van der Waals surface area contributed by atoms with Crippen molar-refractivity contribution in [3.05, 3.63) is 105 Å². The van der Waals surface area contributed by atoms with Gasteiger partial charge in [-0.3, -0.25) is 0 Å². The van der Waals surface area contributed by atoms with Crippen molar-refractivity contribution in [2.24, 2.45) is 0 Å². The Balaban J connectivity index is 1.67. The van der Waals surface area contributed by atoms with Gasteiger partial charge in [-0.15, -0.1) is 0 Å². The van der Waals surface area contributed by atoms with E-state index < -0.39 is 0 Å². The van der Waals surface area contributed by atoms with Crippen LogP contribution >= 0.6 is 0 Å². The number of hydrogen-bond donors (Lipinski definition) is 0. The van der Waals surface area contributed by atoms with E-state index in [4.69, 9.17) is 0 Å². The molecule has 0 aliphatic heterocycles. The van der Waals surface area contributed by atoms with Crippen LogP contribution in [0.1, 0.15) is 50.1 Å². The van der Waals surface area contributed by atoms with Crippen LogP contribution in [0.15, 0.2) is 54.6 Å². The van der Waals surface area contributed by atoms with Gasteiger partial charge in [0.05, 0.1) is 0 Å². The van der Waals surface area contributed by atoms with Gasteiger partial charge in [0, 0.05) is 0 Å². The molecule has 0 radical (unpaired) electrons. The highest BCUT2D eigenvalue weighted by molar-refractivity contribution is 5.70. The number of aryl methyl sites for hydroxylation is 5. The Morgan fingerprint density at radius 3 is 1.63 bits per heavy atom. The highest BCUT2D eigenvalue weighted by atomic mass is 14.2. The lowest BCUT2D eigenvalue weighted by molar-refractivity contribution is 0.874. The number of rotatable bonds is 2. The van der Waals surface area contributed by atoms with Crippen molar-refractivity contribution in [2.45, 2.75) is 46.5 Å². The van der Waals surface area contributed by atoms with Crippen LogP contribution in [-0.4, -0.2) is 0 Å². The summed E-state index contributed by atoms with van der Waals surface area (Å²) in [7, 11) is 0. The third kappa shape index (κ3) is 3.90. The van der Waals surface area contributed by atoms with Crippen LogP contribution in [-0.2, 0) is 25.7 Å². The third-order valence-electron chi connectivity index (χ3n) is 6.08. The highest BCUT2D eigenvalue weighted by Crippen LogP contribution is 2.26. The summed E-state index contributed by atoms with van der Waals surface area (Å²) in [6.45, 7) is 6.73. The van der Waals surface area contributed by atoms with Crippen molar-refractivity contribution in [2.75, 3.05) is 0 Å². The predicted molar refractivity (Wildman–Crippen MR) is 117 cm³/mol. The van der Waals surface area contributed by atoms with Crippen LogP contribution in [0.2, 0.25) is 0 Å². The zero-order valence-electron chi connectivity index (χ0n) is 16.7. The summed E-state index contributed by atoms with van der Waals surface area (Å²) < 4.78 is 0. The van der Waals surface area contributed by atoms with Crippen molar-refractivity contribution < 1.29 is 0 Å². The smallest absolute Gasteiger partial charge is 0.0235 e. The van der Waals surface area contributed by atoms with Gasteiger partial charge in [-0.1, -0.05) is 72.3 Å². The quantitative estimate of drug-likeness (QED) is 0.452. The Kier molecular flexibility index (Phi) is 4.99. The first-order valence-electron chi connectivity index (χ1n) is 10.0. The van der Waals surface area contributed by atoms with E-state index in [1.807, 2.05) is 0 Å². The molecule has 0 aromatic heterocycles. The molecule has 0 fully saturated rings. The lowest BCUT2D eigenvalue weighted by Crippen LogP contribution is -2.06. The van der Waals surface area contributed by atoms with E-state index in [1.54, 1.807) is 0 Å². The Morgan fingerprint density at radius 2 is 1.04 bits per heavy atom. The Bertz CT molecular complexity index is 940. The maximum atomic E-state index is 2.39. The number of fused-ring (bicyclic) bond motifs is 4. The summed E-state index contributed by atoms with van der Waals surface area (Å²) in [6.07, 6.45) is 9.00. The monoisotopic (exact) mass is 352 g/mol. The van der Waals surface area contributed by atoms with Gasteiger partial charge in [0.15, 0.2) is 0 Å². The topological polar surface area (TPSA) is 0 Å². The molecule has 27 heavy (non-hydrogen) atoms. The van der Waals surface area contributed by atoms with Gasteiger partial charge in [-0.2, -0.15) is 0 Å². The van der Waals surface area contributed by atoms with Crippen molar-refractivity contribution >= 4 is 12.2 Å². The molecule has 0 spiro atoms. The molecule has 0 saturated carbocycles. The zero-order valence-corrected chi connectivity index (χ0v) is 16.7. The van der Waals surface area contributed by atoms with E-state index in [9.17, 15) is 0 Å². The fraction of sp³-hybridized carbons (Fsp3) is 0.259. The van der Waals surface area contributed by atoms with Gasteiger partial charge < -0.3 is 0 Å². The van der Waals surface area contributed by atoms with Gasteiger partial charge in [0.1, 0.15) is 0 Å². The van der Waals surface area contributed by atoms with E-state index in [-0.39, 0.29) is 0 Å². The van der Waals surface area contributed by atoms with Crippen LogP contribution in [0.25, 0.3) is 12.2 Å². The summed E-state index contributed by atoms with van der Waals surface area (Å²) in [4.78, 5) is 0. The first kappa shape index (κ1) is 17.8. The molecule has 0 unspecified atom stereocenters. The Hall–Kier alpha value is -2.60. The van der Waals surface area contributed by atoms with Gasteiger partial charge >= 0.3 is 0 Å².